The Labute approximate surface area is 417 Å². The third-order valence-corrected chi connectivity index (χ3v) is 17.0. The van der Waals surface area contributed by atoms with Crippen LogP contribution in [0.1, 0.15) is 109 Å². The van der Waals surface area contributed by atoms with E-state index in [4.69, 9.17) is 0 Å². The predicted molar refractivity (Wildman–Crippen MR) is 301 cm³/mol. The lowest BCUT2D eigenvalue weighted by Crippen LogP contribution is -2.61. The molecule has 0 aromatic heterocycles. The minimum absolute atomic E-state index is 0.00113. The van der Waals surface area contributed by atoms with Crippen molar-refractivity contribution in [3.05, 3.63) is 198 Å². The molecule has 0 bridgehead atoms. The van der Waals surface area contributed by atoms with Gasteiger partial charge in [0.1, 0.15) is 0 Å². The molecule has 2 atom stereocenters. The fraction of sp³-hybridized carbons (Fsp3) is 0.273. The average molecular weight is 912 g/mol. The molecule has 8 aromatic carbocycles. The maximum Gasteiger partial charge on any atom is 0.252 e. The lowest BCUT2D eigenvalue weighted by Gasteiger charge is -2.51. The van der Waals surface area contributed by atoms with E-state index in [2.05, 4.69) is 254 Å². The summed E-state index contributed by atoms with van der Waals surface area (Å²) < 4.78 is 0. The first-order valence-corrected chi connectivity index (χ1v) is 25.8. The van der Waals surface area contributed by atoms with Crippen LogP contribution >= 0.6 is 0 Å². The van der Waals surface area contributed by atoms with E-state index < -0.39 is 0 Å². The van der Waals surface area contributed by atoms with Crippen molar-refractivity contribution in [2.75, 3.05) is 14.7 Å². The van der Waals surface area contributed by atoms with Crippen LogP contribution in [0.25, 0.3) is 22.3 Å². The van der Waals surface area contributed by atoms with Gasteiger partial charge in [0.2, 0.25) is 0 Å². The maximum atomic E-state index is 2.83. The molecule has 0 amide bonds. The second-order valence-corrected chi connectivity index (χ2v) is 23.5. The molecule has 0 saturated heterocycles. The average Bonchev–Trinajstić information content (AvgIpc) is 3.56. The van der Waals surface area contributed by atoms with Crippen LogP contribution in [-0.4, -0.2) is 12.3 Å². The van der Waals surface area contributed by atoms with E-state index in [0.717, 1.165) is 12.1 Å². The van der Waals surface area contributed by atoms with Crippen LogP contribution in [0.2, 0.25) is 0 Å². The minimum atomic E-state index is -0.126. The number of fused-ring (bicyclic) bond motifs is 7. The number of hydrogen-bond donors (Lipinski definition) is 0. The Bertz CT molecular complexity index is 3340. The molecular weight excluding hydrogens is 846 g/mol. The van der Waals surface area contributed by atoms with Gasteiger partial charge in [-0.05, 0) is 154 Å². The summed E-state index contributed by atoms with van der Waals surface area (Å²) >= 11 is 0. The quantitative estimate of drug-likeness (QED) is 0.159. The van der Waals surface area contributed by atoms with Crippen molar-refractivity contribution in [2.45, 2.75) is 117 Å². The Hall–Kier alpha value is -6.78. The van der Waals surface area contributed by atoms with Gasteiger partial charge in [-0.25, -0.2) is 0 Å². The highest BCUT2D eigenvalue weighted by molar-refractivity contribution is 7.00. The van der Waals surface area contributed by atoms with Gasteiger partial charge >= 0.3 is 0 Å². The van der Waals surface area contributed by atoms with Crippen LogP contribution in [-0.2, 0) is 16.2 Å². The van der Waals surface area contributed by atoms with E-state index in [1.165, 1.54) is 126 Å². The molecule has 3 nitrogen and oxygen atoms in total. The minimum Gasteiger partial charge on any atom is -0.334 e. The molecule has 4 heteroatoms. The number of nitrogens with zero attached hydrogens (tertiary/aromatic N) is 3. The van der Waals surface area contributed by atoms with Crippen molar-refractivity contribution in [1.29, 1.82) is 0 Å². The molecule has 3 heterocycles. The third kappa shape index (κ3) is 6.76. The molecule has 2 unspecified atom stereocenters. The van der Waals surface area contributed by atoms with Crippen molar-refractivity contribution >= 4 is 68.6 Å². The van der Waals surface area contributed by atoms with Gasteiger partial charge in [-0.2, -0.15) is 0 Å². The standard InChI is InChI=1S/C66H66BN3/c1-43-37-44(2)62-54(38-43)65(9)35-17-18-36-66(65,10)70(62)53-41-59-61-60(42-53)69(52-31-26-49(27-32-52)63(3,4)5)58-34-28-50(64(6,7)8)40-56(58)67(61)55-39-48(46-21-15-12-16-22-46)25-33-57(55)68(59)51-29-23-47(24-30-51)45-19-13-11-14-20-45/h11-16,19-34,37-42H,17-18,35-36H2,1-10H3. The van der Waals surface area contributed by atoms with Gasteiger partial charge in [0.15, 0.2) is 0 Å². The third-order valence-electron chi connectivity index (χ3n) is 17.0. The fourth-order valence-corrected chi connectivity index (χ4v) is 13.1. The van der Waals surface area contributed by atoms with Gasteiger partial charge in [0.25, 0.3) is 6.71 Å². The first-order chi connectivity index (χ1) is 33.5. The zero-order valence-electron chi connectivity index (χ0n) is 42.9. The van der Waals surface area contributed by atoms with E-state index in [-0.39, 0.29) is 28.5 Å². The van der Waals surface area contributed by atoms with E-state index in [1.807, 2.05) is 0 Å². The van der Waals surface area contributed by atoms with E-state index in [1.54, 1.807) is 0 Å². The Balaban J connectivity index is 1.20. The van der Waals surface area contributed by atoms with E-state index >= 15 is 0 Å². The molecule has 0 spiro atoms. The predicted octanol–water partition coefficient (Wildman–Crippen LogP) is 16.1. The molecule has 12 rings (SSSR count). The normalized spacial score (nSPS) is 19.1. The van der Waals surface area contributed by atoms with Crippen LogP contribution in [0.3, 0.4) is 0 Å². The highest BCUT2D eigenvalue weighted by atomic mass is 15.3. The van der Waals surface area contributed by atoms with Crippen LogP contribution in [0.15, 0.2) is 170 Å². The number of anilines is 8. The molecule has 3 aliphatic heterocycles. The monoisotopic (exact) mass is 912 g/mol. The summed E-state index contributed by atoms with van der Waals surface area (Å²) in [5.41, 5.74) is 25.7. The Morgan fingerprint density at radius 1 is 0.457 bits per heavy atom. The zero-order valence-corrected chi connectivity index (χ0v) is 42.9. The smallest absolute Gasteiger partial charge is 0.252 e. The topological polar surface area (TPSA) is 9.72 Å². The van der Waals surface area contributed by atoms with E-state index in [9.17, 15) is 0 Å². The molecule has 1 saturated carbocycles. The fourth-order valence-electron chi connectivity index (χ4n) is 13.1. The van der Waals surface area contributed by atoms with Gasteiger partial charge < -0.3 is 14.7 Å². The summed E-state index contributed by atoms with van der Waals surface area (Å²) in [4.78, 5) is 8.06. The van der Waals surface area contributed by atoms with Crippen LogP contribution in [0, 0.1) is 13.8 Å². The molecule has 0 radical (unpaired) electrons. The largest absolute Gasteiger partial charge is 0.334 e. The van der Waals surface area contributed by atoms with Gasteiger partial charge in [-0.3, -0.25) is 0 Å². The molecule has 1 aliphatic carbocycles. The lowest BCUT2D eigenvalue weighted by molar-refractivity contribution is 0.195. The summed E-state index contributed by atoms with van der Waals surface area (Å²) in [6.45, 7) is 23.8. The Kier molecular flexibility index (Phi) is 10.1. The van der Waals surface area contributed by atoms with Gasteiger partial charge in [-0.15, -0.1) is 0 Å². The van der Waals surface area contributed by atoms with Crippen LogP contribution in [0.4, 0.5) is 45.5 Å². The molecular formula is C66H66BN3. The molecule has 1 fully saturated rings. The number of hydrogen-bond acceptors (Lipinski definition) is 3. The SMILES string of the molecule is Cc1cc(C)c2c(c1)C1(C)CCCCC1(C)N2c1cc2c3c(c1)N(c1ccc(C(C)(C)C)cc1)c1ccc(C(C)(C)C)cc1B3c1cc(-c3ccccc3)ccc1N2c1ccc(-c2ccccc2)cc1. The van der Waals surface area contributed by atoms with Gasteiger partial charge in [0, 0.05) is 50.9 Å². The Morgan fingerprint density at radius 2 is 0.957 bits per heavy atom. The van der Waals surface area contributed by atoms with Crippen LogP contribution < -0.4 is 31.1 Å². The first kappa shape index (κ1) is 44.4. The first-order valence-electron chi connectivity index (χ1n) is 25.8. The summed E-state index contributed by atoms with van der Waals surface area (Å²) in [5, 5.41) is 0. The number of rotatable bonds is 5. The van der Waals surface area contributed by atoms with E-state index in [0.29, 0.717) is 0 Å². The summed E-state index contributed by atoms with van der Waals surface area (Å²) in [7, 11) is 0. The van der Waals surface area contributed by atoms with Crippen molar-refractivity contribution in [3.63, 3.8) is 0 Å². The lowest BCUT2D eigenvalue weighted by atomic mass is 9.33. The molecule has 8 aromatic rings. The summed E-state index contributed by atoms with van der Waals surface area (Å²) in [6, 6.07) is 65.4. The zero-order chi connectivity index (χ0) is 48.5. The second kappa shape index (κ2) is 15.9. The Morgan fingerprint density at radius 3 is 1.56 bits per heavy atom. The number of benzene rings is 8. The van der Waals surface area contributed by atoms with Gasteiger partial charge in [-0.1, -0.05) is 188 Å². The molecule has 70 heavy (non-hydrogen) atoms. The number of aryl methyl sites for hydroxylation is 2. The highest BCUT2D eigenvalue weighted by Crippen LogP contribution is 2.63. The van der Waals surface area contributed by atoms with Crippen LogP contribution in [0.5, 0.6) is 0 Å². The molecule has 4 aliphatic rings. The van der Waals surface area contributed by atoms with Crippen molar-refractivity contribution < 1.29 is 0 Å². The van der Waals surface area contributed by atoms with Crippen molar-refractivity contribution in [1.82, 2.24) is 0 Å². The summed E-state index contributed by atoms with van der Waals surface area (Å²) in [6.07, 6.45) is 4.80. The highest BCUT2D eigenvalue weighted by Gasteiger charge is 2.58. The summed E-state index contributed by atoms with van der Waals surface area (Å²) in [5.74, 6) is 0. The molecule has 0 N–H and O–H groups in total. The second-order valence-electron chi connectivity index (χ2n) is 23.5. The molecule has 348 valence electrons. The van der Waals surface area contributed by atoms with Gasteiger partial charge in [0.05, 0.1) is 5.54 Å². The van der Waals surface area contributed by atoms with Crippen molar-refractivity contribution in [3.8, 4) is 22.3 Å². The van der Waals surface area contributed by atoms with Crippen molar-refractivity contribution in [2.24, 2.45) is 0 Å². The maximum absolute atomic E-state index is 2.83.